The fraction of sp³-hybridized carbons (Fsp3) is 1.00. The second kappa shape index (κ2) is 61.1. The molecule has 0 atom stereocenters. The number of hydrogen-bond donors (Lipinski definition) is 0. The van der Waals surface area contributed by atoms with Crippen molar-refractivity contribution in [3.63, 3.8) is 0 Å². The van der Waals surface area contributed by atoms with Crippen LogP contribution in [0.25, 0.3) is 0 Å². The molecule has 0 aliphatic rings. The molecule has 0 unspecified atom stereocenters. The van der Waals surface area contributed by atoms with Crippen molar-refractivity contribution in [3.05, 3.63) is 0 Å². The van der Waals surface area contributed by atoms with E-state index in [-0.39, 0.29) is 21.1 Å². The summed E-state index contributed by atoms with van der Waals surface area (Å²) in [7, 11) is 1.69. The van der Waals surface area contributed by atoms with Gasteiger partial charge in [-0.25, -0.2) is 0 Å². The van der Waals surface area contributed by atoms with E-state index in [1.165, 1.54) is 154 Å². The molecule has 0 rings (SSSR count). The van der Waals surface area contributed by atoms with E-state index in [4.69, 9.17) is 0 Å². The summed E-state index contributed by atoms with van der Waals surface area (Å²) in [6.45, 7) is 27.8. The third kappa shape index (κ3) is 58.8. The van der Waals surface area contributed by atoms with E-state index in [0.717, 1.165) is 0 Å². The molecule has 0 aromatic heterocycles. The number of unbranched alkanes of at least 4 members (excludes halogenated alkanes) is 12. The molecule has 0 bridgehead atoms. The second-order valence-corrected chi connectivity index (χ2v) is 26.3. The van der Waals surface area contributed by atoms with Crippen molar-refractivity contribution in [3.8, 4) is 0 Å². The summed E-state index contributed by atoms with van der Waals surface area (Å²) in [4.78, 5) is 0. The molecule has 0 N–H and O–H groups in total. The zero-order valence-electron chi connectivity index (χ0n) is 39.6. The van der Waals surface area contributed by atoms with Gasteiger partial charge in [-0.1, -0.05) is 160 Å². The summed E-state index contributed by atoms with van der Waals surface area (Å²) < 4.78 is 0. The molecule has 0 amide bonds. The minimum Gasteiger partial charge on any atom is -0.107 e. The van der Waals surface area contributed by atoms with Gasteiger partial charge in [0.15, 0.2) is 0 Å². The average molecular weight is 1000 g/mol. The summed E-state index contributed by atoms with van der Waals surface area (Å²) >= 11 is 0. The Bertz CT molecular complexity index is 392. The molecule has 0 saturated carbocycles. The smallest absolute Gasteiger partial charge is 0 e. The second-order valence-electron chi connectivity index (χ2n) is 15.6. The zero-order valence-corrected chi connectivity index (χ0v) is 45.4. The predicted octanol–water partition coefficient (Wildman–Crippen LogP) is 19.5. The maximum absolute atomic E-state index is 2.31. The predicted molar refractivity (Wildman–Crippen MR) is 265 cm³/mol. The third-order valence-electron chi connectivity index (χ3n) is 9.93. The van der Waals surface area contributed by atoms with Gasteiger partial charge in [0.05, 0.1) is 0 Å². The molecule has 330 valence electrons. The van der Waals surface area contributed by atoms with Crippen LogP contribution in [-0.4, -0.2) is 73.9 Å². The summed E-state index contributed by atoms with van der Waals surface area (Å²) in [5.41, 5.74) is 0. The van der Waals surface area contributed by atoms with Gasteiger partial charge in [-0.2, -0.15) is 0 Å². The van der Waals surface area contributed by atoms with Crippen molar-refractivity contribution >= 4 is 31.7 Å². The first-order chi connectivity index (χ1) is 25.4. The van der Waals surface area contributed by atoms with Crippen LogP contribution in [0.3, 0.4) is 0 Å². The number of hydrogen-bond acceptors (Lipinski definition) is 0. The molecular formula is C48H108P4Pt. The Kier molecular flexibility index (Phi) is 74.4. The summed E-state index contributed by atoms with van der Waals surface area (Å²) in [5.74, 6) is 0. The normalized spacial score (nSPS) is 10.9. The van der Waals surface area contributed by atoms with Crippen LogP contribution in [0.2, 0.25) is 0 Å². The first-order valence-corrected chi connectivity index (χ1v) is 31.9. The van der Waals surface area contributed by atoms with Gasteiger partial charge >= 0.3 is 0 Å². The fourth-order valence-electron chi connectivity index (χ4n) is 5.92. The summed E-state index contributed by atoms with van der Waals surface area (Å²) in [6, 6.07) is 0. The van der Waals surface area contributed by atoms with Crippen LogP contribution in [0, 0.1) is 0 Å². The largest absolute Gasteiger partial charge is 0.107 e. The van der Waals surface area contributed by atoms with Crippen molar-refractivity contribution in [2.75, 3.05) is 73.9 Å². The molecule has 0 radical (unpaired) electrons. The maximum atomic E-state index is 2.31. The van der Waals surface area contributed by atoms with Gasteiger partial charge in [-0.3, -0.25) is 0 Å². The van der Waals surface area contributed by atoms with Gasteiger partial charge < -0.3 is 0 Å². The molecule has 0 fully saturated rings. The Hall–Kier alpha value is 2.41. The van der Waals surface area contributed by atoms with E-state index in [1.807, 2.05) is 0 Å². The van der Waals surface area contributed by atoms with E-state index < -0.39 is 0 Å². The van der Waals surface area contributed by atoms with Crippen molar-refractivity contribution in [1.29, 1.82) is 0 Å². The molecule has 0 nitrogen and oxygen atoms in total. The van der Waals surface area contributed by atoms with Crippen molar-refractivity contribution in [1.82, 2.24) is 0 Å². The minimum absolute atomic E-state index is 0. The topological polar surface area (TPSA) is 0 Å². The first kappa shape index (κ1) is 64.6. The van der Waals surface area contributed by atoms with Gasteiger partial charge in [-0.05, 0) is 151 Å². The molecule has 0 heterocycles. The van der Waals surface area contributed by atoms with Gasteiger partial charge in [0.25, 0.3) is 0 Å². The van der Waals surface area contributed by atoms with Crippen LogP contribution in [0.5, 0.6) is 0 Å². The van der Waals surface area contributed by atoms with E-state index in [9.17, 15) is 0 Å². The van der Waals surface area contributed by atoms with Crippen molar-refractivity contribution < 1.29 is 21.1 Å². The molecule has 5 heteroatoms. The van der Waals surface area contributed by atoms with Gasteiger partial charge in [0.2, 0.25) is 0 Å². The SMILES string of the molecule is CCCCP(CCCC)CCCC.CCCCP(CCCC)CCCC.CCCCP(CCCC)CCCC.CCCCP(CCCC)CCCC.[Pt]. The van der Waals surface area contributed by atoms with Crippen LogP contribution in [0.4, 0.5) is 0 Å². The maximum Gasteiger partial charge on any atom is 0 e. The molecule has 0 spiro atoms. The Labute approximate surface area is 361 Å². The zero-order chi connectivity index (χ0) is 39.8. The average Bonchev–Trinajstić information content (AvgIpc) is 3.17. The summed E-state index contributed by atoms with van der Waals surface area (Å²) in [6.07, 6.45) is 52.9. The van der Waals surface area contributed by atoms with Crippen LogP contribution in [0.1, 0.15) is 237 Å². The molecule has 0 aromatic carbocycles. The van der Waals surface area contributed by atoms with Gasteiger partial charge in [-0.15, -0.1) is 31.7 Å². The summed E-state index contributed by atoms with van der Waals surface area (Å²) in [5, 5.41) is 0. The van der Waals surface area contributed by atoms with E-state index in [0.29, 0.717) is 31.7 Å². The van der Waals surface area contributed by atoms with Crippen molar-refractivity contribution in [2.24, 2.45) is 0 Å². The quantitative estimate of drug-likeness (QED) is 0.0549. The molecule has 0 aliphatic heterocycles. The molecule has 53 heavy (non-hydrogen) atoms. The molecule has 0 saturated heterocycles. The number of rotatable bonds is 36. The van der Waals surface area contributed by atoms with Gasteiger partial charge in [0.1, 0.15) is 0 Å². The van der Waals surface area contributed by atoms with E-state index >= 15 is 0 Å². The monoisotopic (exact) mass is 1000 g/mol. The Morgan fingerprint density at radius 1 is 0.170 bits per heavy atom. The van der Waals surface area contributed by atoms with Crippen LogP contribution >= 0.6 is 31.7 Å². The standard InChI is InChI=1S/4C12H27P.Pt/c4*1-4-7-10-13(11-8-5-2)12-9-6-3;/h4*4-12H2,1-3H3;. The van der Waals surface area contributed by atoms with Crippen LogP contribution in [0.15, 0.2) is 0 Å². The van der Waals surface area contributed by atoms with Crippen LogP contribution < -0.4 is 0 Å². The molecule has 0 aliphatic carbocycles. The first-order valence-electron chi connectivity index (χ1n) is 24.3. The van der Waals surface area contributed by atoms with Crippen LogP contribution in [-0.2, 0) is 21.1 Å². The van der Waals surface area contributed by atoms with Gasteiger partial charge in [0, 0.05) is 21.1 Å². The Morgan fingerprint density at radius 2 is 0.245 bits per heavy atom. The Balaban J connectivity index is -0.000000192. The Morgan fingerprint density at radius 3 is 0.302 bits per heavy atom. The molecular weight excluding hydrogens is 896 g/mol. The van der Waals surface area contributed by atoms with Crippen molar-refractivity contribution in [2.45, 2.75) is 237 Å². The molecule has 0 aromatic rings. The minimum atomic E-state index is 0. The third-order valence-corrected chi connectivity index (χ3v) is 21.3. The van der Waals surface area contributed by atoms with E-state index in [2.05, 4.69) is 83.1 Å². The van der Waals surface area contributed by atoms with E-state index in [1.54, 1.807) is 73.9 Å². The fourth-order valence-corrected chi connectivity index (χ4v) is 17.8.